The molecule has 1 heterocycles. The number of benzene rings is 1. The number of hydrogen-bond acceptors (Lipinski definition) is 2. The van der Waals surface area contributed by atoms with Gasteiger partial charge in [-0.2, -0.15) is 0 Å². The lowest BCUT2D eigenvalue weighted by Crippen LogP contribution is -2.30. The van der Waals surface area contributed by atoms with E-state index in [0.717, 1.165) is 38.3 Å². The van der Waals surface area contributed by atoms with Crippen LogP contribution in [0.5, 0.6) is 5.75 Å². The summed E-state index contributed by atoms with van der Waals surface area (Å²) in [6.07, 6.45) is 5.92. The van der Waals surface area contributed by atoms with E-state index in [1.807, 2.05) is 0 Å². The standard InChI is InChI=1S/C18H29NO/c1-4-11-19-14-18(2,3)10-9-15-7-8-17-16(13-15)6-5-12-20-17/h7-8,13,19H,4-6,9-12,14H2,1-3H3. The van der Waals surface area contributed by atoms with Crippen molar-refractivity contribution in [1.82, 2.24) is 5.32 Å². The van der Waals surface area contributed by atoms with Gasteiger partial charge in [-0.25, -0.2) is 0 Å². The number of ether oxygens (including phenoxy) is 1. The van der Waals surface area contributed by atoms with Gasteiger partial charge >= 0.3 is 0 Å². The maximum absolute atomic E-state index is 5.68. The zero-order valence-electron chi connectivity index (χ0n) is 13.3. The number of fused-ring (bicyclic) bond motifs is 1. The number of aryl methyl sites for hydroxylation is 2. The second-order valence-corrected chi connectivity index (χ2v) is 6.74. The summed E-state index contributed by atoms with van der Waals surface area (Å²) in [7, 11) is 0. The fraction of sp³-hybridized carbons (Fsp3) is 0.667. The molecule has 2 heteroatoms. The first kappa shape index (κ1) is 15.4. The Morgan fingerprint density at radius 2 is 2.15 bits per heavy atom. The molecule has 2 rings (SSSR count). The highest BCUT2D eigenvalue weighted by Crippen LogP contribution is 2.28. The summed E-state index contributed by atoms with van der Waals surface area (Å²) in [6.45, 7) is 10.0. The van der Waals surface area contributed by atoms with E-state index in [1.165, 1.54) is 30.4 Å². The van der Waals surface area contributed by atoms with Gasteiger partial charge in [0.05, 0.1) is 6.61 Å². The topological polar surface area (TPSA) is 21.3 Å². The van der Waals surface area contributed by atoms with Gasteiger partial charge in [-0.15, -0.1) is 0 Å². The molecule has 112 valence electrons. The maximum Gasteiger partial charge on any atom is 0.122 e. The predicted octanol–water partition coefficient (Wildman–Crippen LogP) is 3.97. The van der Waals surface area contributed by atoms with Gasteiger partial charge in [0, 0.05) is 6.54 Å². The molecule has 0 unspecified atom stereocenters. The lowest BCUT2D eigenvalue weighted by atomic mass is 9.85. The van der Waals surface area contributed by atoms with Crippen molar-refractivity contribution in [3.63, 3.8) is 0 Å². The molecule has 1 aromatic carbocycles. The van der Waals surface area contributed by atoms with Gasteiger partial charge < -0.3 is 10.1 Å². The zero-order valence-corrected chi connectivity index (χ0v) is 13.3. The van der Waals surface area contributed by atoms with Crippen molar-refractivity contribution in [1.29, 1.82) is 0 Å². The quantitative estimate of drug-likeness (QED) is 0.760. The molecule has 0 aromatic heterocycles. The van der Waals surface area contributed by atoms with Gasteiger partial charge in [0.1, 0.15) is 5.75 Å². The molecule has 0 spiro atoms. The van der Waals surface area contributed by atoms with Gasteiger partial charge in [0.15, 0.2) is 0 Å². The fourth-order valence-corrected chi connectivity index (χ4v) is 2.74. The lowest BCUT2D eigenvalue weighted by Gasteiger charge is -2.25. The van der Waals surface area contributed by atoms with E-state index in [1.54, 1.807) is 0 Å². The molecule has 0 saturated carbocycles. The molecule has 1 aliphatic heterocycles. The van der Waals surface area contributed by atoms with Crippen LogP contribution in [-0.4, -0.2) is 19.7 Å². The Bertz CT molecular complexity index is 425. The van der Waals surface area contributed by atoms with Gasteiger partial charge in [-0.3, -0.25) is 0 Å². The van der Waals surface area contributed by atoms with E-state index in [-0.39, 0.29) is 0 Å². The molecule has 0 bridgehead atoms. The normalized spacial score (nSPS) is 14.8. The second kappa shape index (κ2) is 7.12. The Kier molecular flexibility index (Phi) is 5.47. The van der Waals surface area contributed by atoms with Crippen molar-refractivity contribution in [3.8, 4) is 5.75 Å². The minimum atomic E-state index is 0.363. The minimum Gasteiger partial charge on any atom is -0.493 e. The van der Waals surface area contributed by atoms with E-state index in [9.17, 15) is 0 Å². The molecule has 0 saturated heterocycles. The Morgan fingerprint density at radius 1 is 1.30 bits per heavy atom. The van der Waals surface area contributed by atoms with Gasteiger partial charge in [0.2, 0.25) is 0 Å². The molecule has 20 heavy (non-hydrogen) atoms. The fourth-order valence-electron chi connectivity index (χ4n) is 2.74. The van der Waals surface area contributed by atoms with Crippen LogP contribution in [0, 0.1) is 5.41 Å². The van der Waals surface area contributed by atoms with Crippen LogP contribution in [0.4, 0.5) is 0 Å². The van der Waals surface area contributed by atoms with Gasteiger partial charge in [-0.1, -0.05) is 32.9 Å². The van der Waals surface area contributed by atoms with E-state index < -0.39 is 0 Å². The second-order valence-electron chi connectivity index (χ2n) is 6.74. The lowest BCUT2D eigenvalue weighted by molar-refractivity contribution is 0.288. The summed E-state index contributed by atoms with van der Waals surface area (Å²) in [5, 5.41) is 3.54. The summed E-state index contributed by atoms with van der Waals surface area (Å²) in [6, 6.07) is 6.75. The molecule has 1 aromatic rings. The molecule has 2 nitrogen and oxygen atoms in total. The average Bonchev–Trinajstić information content (AvgIpc) is 2.45. The summed E-state index contributed by atoms with van der Waals surface area (Å²) in [5.74, 6) is 1.10. The van der Waals surface area contributed by atoms with Crippen LogP contribution in [0.1, 0.15) is 51.2 Å². The smallest absolute Gasteiger partial charge is 0.122 e. The summed E-state index contributed by atoms with van der Waals surface area (Å²) < 4.78 is 5.68. The first-order valence-corrected chi connectivity index (χ1v) is 8.06. The zero-order chi connectivity index (χ0) is 14.4. The highest BCUT2D eigenvalue weighted by Gasteiger charge is 2.18. The Balaban J connectivity index is 1.87. The van der Waals surface area contributed by atoms with Crippen molar-refractivity contribution in [2.75, 3.05) is 19.7 Å². The molecule has 0 aliphatic carbocycles. The minimum absolute atomic E-state index is 0.363. The monoisotopic (exact) mass is 275 g/mol. The van der Waals surface area contributed by atoms with E-state index in [4.69, 9.17) is 4.74 Å². The van der Waals surface area contributed by atoms with E-state index in [2.05, 4.69) is 44.3 Å². The third-order valence-electron chi connectivity index (χ3n) is 4.09. The van der Waals surface area contributed by atoms with Crippen LogP contribution < -0.4 is 10.1 Å². The summed E-state index contributed by atoms with van der Waals surface area (Å²) >= 11 is 0. The predicted molar refractivity (Wildman–Crippen MR) is 85.5 cm³/mol. The van der Waals surface area contributed by atoms with Crippen LogP contribution in [0.3, 0.4) is 0 Å². The largest absolute Gasteiger partial charge is 0.493 e. The summed E-state index contributed by atoms with van der Waals surface area (Å²) in [4.78, 5) is 0. The van der Waals surface area contributed by atoms with Crippen LogP contribution in [0.25, 0.3) is 0 Å². The van der Waals surface area contributed by atoms with Crippen LogP contribution in [-0.2, 0) is 12.8 Å². The van der Waals surface area contributed by atoms with Crippen molar-refractivity contribution in [2.45, 2.75) is 52.9 Å². The molecule has 1 aliphatic rings. The van der Waals surface area contributed by atoms with Gasteiger partial charge in [-0.05, 0) is 61.3 Å². The molecule has 0 radical (unpaired) electrons. The first-order valence-electron chi connectivity index (χ1n) is 8.06. The highest BCUT2D eigenvalue weighted by molar-refractivity contribution is 5.38. The molecular weight excluding hydrogens is 246 g/mol. The molecule has 0 atom stereocenters. The Morgan fingerprint density at radius 3 is 2.95 bits per heavy atom. The van der Waals surface area contributed by atoms with Crippen LogP contribution in [0.2, 0.25) is 0 Å². The number of nitrogens with one attached hydrogen (secondary N) is 1. The first-order chi connectivity index (χ1) is 9.61. The number of rotatable bonds is 7. The summed E-state index contributed by atoms with van der Waals surface area (Å²) in [5.41, 5.74) is 3.22. The average molecular weight is 275 g/mol. The van der Waals surface area contributed by atoms with Crippen molar-refractivity contribution < 1.29 is 4.74 Å². The molecule has 1 N–H and O–H groups in total. The van der Waals surface area contributed by atoms with E-state index in [0.29, 0.717) is 5.41 Å². The molecule has 0 fully saturated rings. The van der Waals surface area contributed by atoms with E-state index >= 15 is 0 Å². The number of hydrogen-bond donors (Lipinski definition) is 1. The van der Waals surface area contributed by atoms with Crippen molar-refractivity contribution in [2.24, 2.45) is 5.41 Å². The third-order valence-corrected chi connectivity index (χ3v) is 4.09. The van der Waals surface area contributed by atoms with Crippen molar-refractivity contribution in [3.05, 3.63) is 29.3 Å². The Hall–Kier alpha value is -1.02. The van der Waals surface area contributed by atoms with Gasteiger partial charge in [0.25, 0.3) is 0 Å². The van der Waals surface area contributed by atoms with Crippen molar-refractivity contribution >= 4 is 0 Å². The highest BCUT2D eigenvalue weighted by atomic mass is 16.5. The Labute approximate surface area is 123 Å². The maximum atomic E-state index is 5.68. The molecular formula is C18H29NO. The van der Waals surface area contributed by atoms with Crippen LogP contribution >= 0.6 is 0 Å². The molecule has 0 amide bonds. The third kappa shape index (κ3) is 4.52. The van der Waals surface area contributed by atoms with Crippen LogP contribution in [0.15, 0.2) is 18.2 Å². The SMILES string of the molecule is CCCNCC(C)(C)CCc1ccc2c(c1)CCCO2.